The SMILES string of the molecule is CN(C)c1ccc(C2(CN)CCCCC2)cc1Cl. The molecule has 2 rings (SSSR count). The lowest BCUT2D eigenvalue weighted by molar-refractivity contribution is 0.301. The van der Waals surface area contributed by atoms with Crippen LogP contribution in [0.15, 0.2) is 18.2 Å². The first-order chi connectivity index (χ1) is 8.59. The van der Waals surface area contributed by atoms with Gasteiger partial charge in [-0.05, 0) is 30.5 Å². The fourth-order valence-corrected chi connectivity index (χ4v) is 3.39. The molecule has 1 fully saturated rings. The molecular weight excluding hydrogens is 244 g/mol. The van der Waals surface area contributed by atoms with Crippen LogP contribution in [0.3, 0.4) is 0 Å². The van der Waals surface area contributed by atoms with E-state index < -0.39 is 0 Å². The van der Waals surface area contributed by atoms with Gasteiger partial charge in [-0.1, -0.05) is 36.9 Å². The Balaban J connectivity index is 2.34. The van der Waals surface area contributed by atoms with Crippen molar-refractivity contribution in [2.24, 2.45) is 5.73 Å². The van der Waals surface area contributed by atoms with Crippen molar-refractivity contribution in [1.82, 2.24) is 0 Å². The number of anilines is 1. The molecule has 1 aromatic rings. The van der Waals surface area contributed by atoms with Crippen molar-refractivity contribution in [1.29, 1.82) is 0 Å². The maximum Gasteiger partial charge on any atom is 0.0642 e. The predicted molar refractivity (Wildman–Crippen MR) is 79.6 cm³/mol. The fourth-order valence-electron chi connectivity index (χ4n) is 3.04. The summed E-state index contributed by atoms with van der Waals surface area (Å²) < 4.78 is 0. The molecular formula is C15H23ClN2. The molecule has 0 bridgehead atoms. The summed E-state index contributed by atoms with van der Waals surface area (Å²) in [6, 6.07) is 6.44. The van der Waals surface area contributed by atoms with Crippen LogP contribution < -0.4 is 10.6 Å². The van der Waals surface area contributed by atoms with Crippen molar-refractivity contribution in [3.63, 3.8) is 0 Å². The summed E-state index contributed by atoms with van der Waals surface area (Å²) in [6.45, 7) is 0.727. The Morgan fingerprint density at radius 3 is 2.39 bits per heavy atom. The third-order valence-corrected chi connectivity index (χ3v) is 4.55. The first kappa shape index (κ1) is 13.7. The van der Waals surface area contributed by atoms with Gasteiger partial charge in [-0.15, -0.1) is 0 Å². The first-order valence-electron chi connectivity index (χ1n) is 6.76. The maximum absolute atomic E-state index is 6.38. The average Bonchev–Trinajstić information content (AvgIpc) is 2.39. The zero-order valence-electron chi connectivity index (χ0n) is 11.4. The molecule has 0 aliphatic heterocycles. The largest absolute Gasteiger partial charge is 0.376 e. The van der Waals surface area contributed by atoms with Gasteiger partial charge in [-0.25, -0.2) is 0 Å². The monoisotopic (exact) mass is 266 g/mol. The molecule has 0 aromatic heterocycles. The van der Waals surface area contributed by atoms with E-state index in [0.717, 1.165) is 17.3 Å². The summed E-state index contributed by atoms with van der Waals surface area (Å²) in [4.78, 5) is 2.04. The summed E-state index contributed by atoms with van der Waals surface area (Å²) in [5, 5.41) is 0.830. The van der Waals surface area contributed by atoms with Crippen molar-refractivity contribution in [3.8, 4) is 0 Å². The van der Waals surface area contributed by atoms with Gasteiger partial charge < -0.3 is 10.6 Å². The Morgan fingerprint density at radius 2 is 1.89 bits per heavy atom. The topological polar surface area (TPSA) is 29.3 Å². The van der Waals surface area contributed by atoms with Gasteiger partial charge in [-0.2, -0.15) is 0 Å². The lowest BCUT2D eigenvalue weighted by Gasteiger charge is -2.37. The molecule has 1 aliphatic rings. The molecule has 3 heteroatoms. The molecule has 100 valence electrons. The number of rotatable bonds is 3. The molecule has 2 N–H and O–H groups in total. The third-order valence-electron chi connectivity index (χ3n) is 4.24. The van der Waals surface area contributed by atoms with Crippen LogP contribution in [-0.4, -0.2) is 20.6 Å². The highest BCUT2D eigenvalue weighted by Crippen LogP contribution is 2.40. The van der Waals surface area contributed by atoms with Crippen molar-refractivity contribution in [2.45, 2.75) is 37.5 Å². The van der Waals surface area contributed by atoms with Crippen molar-refractivity contribution in [2.75, 3.05) is 25.5 Å². The highest BCUT2D eigenvalue weighted by molar-refractivity contribution is 6.33. The Morgan fingerprint density at radius 1 is 1.22 bits per heavy atom. The zero-order chi connectivity index (χ0) is 13.2. The van der Waals surface area contributed by atoms with Gasteiger partial charge in [0.1, 0.15) is 0 Å². The van der Waals surface area contributed by atoms with Crippen LogP contribution in [0.25, 0.3) is 0 Å². The smallest absolute Gasteiger partial charge is 0.0642 e. The molecule has 0 atom stereocenters. The van der Waals surface area contributed by atoms with E-state index in [1.54, 1.807) is 0 Å². The third kappa shape index (κ3) is 2.50. The van der Waals surface area contributed by atoms with Crippen molar-refractivity contribution < 1.29 is 0 Å². The van der Waals surface area contributed by atoms with E-state index in [1.807, 2.05) is 19.0 Å². The summed E-state index contributed by atoms with van der Waals surface area (Å²) >= 11 is 6.38. The standard InChI is InChI=1S/C15H23ClN2/c1-18(2)14-7-6-12(10-13(14)16)15(11-17)8-4-3-5-9-15/h6-7,10H,3-5,8-9,11,17H2,1-2H3. The van der Waals surface area contributed by atoms with E-state index in [0.29, 0.717) is 0 Å². The van der Waals surface area contributed by atoms with Crippen molar-refractivity contribution in [3.05, 3.63) is 28.8 Å². The van der Waals surface area contributed by atoms with E-state index in [2.05, 4.69) is 18.2 Å². The van der Waals surface area contributed by atoms with Gasteiger partial charge in [0.15, 0.2) is 0 Å². The van der Waals surface area contributed by atoms with E-state index in [1.165, 1.54) is 37.7 Å². The summed E-state index contributed by atoms with van der Waals surface area (Å²) in [7, 11) is 4.03. The summed E-state index contributed by atoms with van der Waals surface area (Å²) in [5.74, 6) is 0. The predicted octanol–water partition coefficient (Wildman–Crippen LogP) is 3.57. The number of nitrogens with zero attached hydrogens (tertiary/aromatic N) is 1. The molecule has 0 spiro atoms. The van der Waals surface area contributed by atoms with Gasteiger partial charge >= 0.3 is 0 Å². The highest BCUT2D eigenvalue weighted by Gasteiger charge is 2.32. The molecule has 0 unspecified atom stereocenters. The number of benzene rings is 1. The van der Waals surface area contributed by atoms with Crippen molar-refractivity contribution >= 4 is 17.3 Å². The Labute approximate surface area is 115 Å². The summed E-state index contributed by atoms with van der Waals surface area (Å²) in [6.07, 6.45) is 6.29. The van der Waals surface area contributed by atoms with Crippen LogP contribution in [-0.2, 0) is 5.41 Å². The average molecular weight is 267 g/mol. The van der Waals surface area contributed by atoms with E-state index in [9.17, 15) is 0 Å². The van der Waals surface area contributed by atoms with Crippen LogP contribution in [0.2, 0.25) is 5.02 Å². The summed E-state index contributed by atoms with van der Waals surface area (Å²) in [5.41, 5.74) is 8.62. The van der Waals surface area contributed by atoms with E-state index >= 15 is 0 Å². The minimum atomic E-state index is 0.159. The Kier molecular flexibility index (Phi) is 4.18. The number of halogens is 1. The zero-order valence-corrected chi connectivity index (χ0v) is 12.1. The van der Waals surface area contributed by atoms with E-state index in [4.69, 9.17) is 17.3 Å². The van der Waals surface area contributed by atoms with Gasteiger partial charge in [-0.3, -0.25) is 0 Å². The highest BCUT2D eigenvalue weighted by atomic mass is 35.5. The molecule has 0 heterocycles. The van der Waals surface area contributed by atoms with Crippen LogP contribution in [0.5, 0.6) is 0 Å². The van der Waals surface area contributed by atoms with Gasteiger partial charge in [0, 0.05) is 26.1 Å². The second-order valence-corrected chi connectivity index (χ2v) is 6.01. The molecule has 0 saturated heterocycles. The Bertz CT molecular complexity index is 409. The van der Waals surface area contributed by atoms with Crippen LogP contribution in [0.1, 0.15) is 37.7 Å². The lowest BCUT2D eigenvalue weighted by Crippen LogP contribution is -2.37. The van der Waals surface area contributed by atoms with Crippen LogP contribution >= 0.6 is 11.6 Å². The van der Waals surface area contributed by atoms with E-state index in [-0.39, 0.29) is 5.41 Å². The molecule has 1 aromatic carbocycles. The van der Waals surface area contributed by atoms with Crippen LogP contribution in [0, 0.1) is 0 Å². The molecule has 2 nitrogen and oxygen atoms in total. The first-order valence-corrected chi connectivity index (χ1v) is 7.14. The second kappa shape index (κ2) is 5.50. The maximum atomic E-state index is 6.38. The quantitative estimate of drug-likeness (QED) is 0.906. The van der Waals surface area contributed by atoms with Gasteiger partial charge in [0.25, 0.3) is 0 Å². The molecule has 0 amide bonds. The van der Waals surface area contributed by atoms with Gasteiger partial charge in [0.05, 0.1) is 10.7 Å². The minimum absolute atomic E-state index is 0.159. The second-order valence-electron chi connectivity index (χ2n) is 5.61. The molecule has 18 heavy (non-hydrogen) atoms. The number of hydrogen-bond acceptors (Lipinski definition) is 2. The number of nitrogens with two attached hydrogens (primary N) is 1. The normalized spacial score (nSPS) is 18.7. The lowest BCUT2D eigenvalue weighted by atomic mass is 9.69. The molecule has 1 aliphatic carbocycles. The van der Waals surface area contributed by atoms with Gasteiger partial charge in [0.2, 0.25) is 0 Å². The van der Waals surface area contributed by atoms with Crippen LogP contribution in [0.4, 0.5) is 5.69 Å². The molecule has 1 saturated carbocycles. The Hall–Kier alpha value is -0.730. The molecule has 0 radical (unpaired) electrons. The number of hydrogen-bond donors (Lipinski definition) is 1. The fraction of sp³-hybridized carbons (Fsp3) is 0.600. The minimum Gasteiger partial charge on any atom is -0.376 e.